The Kier molecular flexibility index (Phi) is 7.78. The van der Waals surface area contributed by atoms with E-state index in [-0.39, 0.29) is 42.0 Å². The van der Waals surface area contributed by atoms with Crippen molar-refractivity contribution in [2.45, 2.75) is 13.2 Å². The van der Waals surface area contributed by atoms with Crippen LogP contribution in [-0.2, 0) is 13.2 Å². The molecule has 1 saturated heterocycles. The molecule has 1 fully saturated rings. The van der Waals surface area contributed by atoms with Crippen molar-refractivity contribution >= 4 is 35.6 Å². The second-order valence-corrected chi connectivity index (χ2v) is 6.21. The van der Waals surface area contributed by atoms with Gasteiger partial charge in [-0.2, -0.15) is 0 Å². The number of piperazine rings is 1. The van der Waals surface area contributed by atoms with Crippen LogP contribution < -0.4 is 10.6 Å². The van der Waals surface area contributed by atoms with E-state index in [0.29, 0.717) is 12.5 Å². The maximum Gasteiger partial charge on any atom is 0.191 e. The van der Waals surface area contributed by atoms with Crippen LogP contribution in [0.25, 0.3) is 0 Å². The maximum absolute atomic E-state index is 13.4. The lowest BCUT2D eigenvalue weighted by Gasteiger charge is -2.36. The van der Waals surface area contributed by atoms with E-state index in [1.165, 1.54) is 18.2 Å². The number of aliphatic hydroxyl groups is 1. The van der Waals surface area contributed by atoms with Gasteiger partial charge in [-0.15, -0.1) is 24.0 Å². The predicted molar refractivity (Wildman–Crippen MR) is 113 cm³/mol. The van der Waals surface area contributed by atoms with Crippen LogP contribution in [0.15, 0.2) is 47.5 Å². The van der Waals surface area contributed by atoms with Crippen molar-refractivity contribution in [2.75, 3.05) is 31.1 Å². The van der Waals surface area contributed by atoms with Gasteiger partial charge in [0.15, 0.2) is 5.96 Å². The first kappa shape index (κ1) is 21.4. The lowest BCUT2D eigenvalue weighted by Crippen LogP contribution is -2.51. The molecule has 0 aromatic heterocycles. The van der Waals surface area contributed by atoms with E-state index in [9.17, 15) is 8.78 Å². The molecule has 3 N–H and O–H groups in total. The molecule has 0 bridgehead atoms. The molecule has 1 aliphatic rings. The molecule has 0 aliphatic carbocycles. The highest BCUT2D eigenvalue weighted by Crippen LogP contribution is 2.17. The number of anilines is 1. The van der Waals surface area contributed by atoms with Gasteiger partial charge < -0.3 is 20.6 Å². The third-order valence-electron chi connectivity index (χ3n) is 4.50. The summed E-state index contributed by atoms with van der Waals surface area (Å²) in [4.78, 5) is 8.55. The van der Waals surface area contributed by atoms with Gasteiger partial charge in [-0.1, -0.05) is 6.07 Å². The van der Waals surface area contributed by atoms with E-state index in [0.717, 1.165) is 37.4 Å². The van der Waals surface area contributed by atoms with E-state index < -0.39 is 5.82 Å². The molecule has 2 aromatic carbocycles. The van der Waals surface area contributed by atoms with Crippen molar-refractivity contribution in [3.8, 4) is 0 Å². The third kappa shape index (κ3) is 5.52. The van der Waals surface area contributed by atoms with Crippen LogP contribution >= 0.6 is 24.0 Å². The molecule has 0 unspecified atom stereocenters. The lowest BCUT2D eigenvalue weighted by atomic mass is 10.1. The van der Waals surface area contributed by atoms with Crippen molar-refractivity contribution in [3.05, 3.63) is 65.2 Å². The van der Waals surface area contributed by atoms with Crippen LogP contribution in [0.2, 0.25) is 0 Å². The van der Waals surface area contributed by atoms with E-state index in [1.54, 1.807) is 24.3 Å². The number of nitrogens with zero attached hydrogens (tertiary/aromatic N) is 3. The zero-order valence-corrected chi connectivity index (χ0v) is 17.1. The SMILES string of the molecule is I.NC(=NCc1ccc(F)c(CO)c1)N1CCN(c2ccc(F)cc2)CC1. The summed E-state index contributed by atoms with van der Waals surface area (Å²) in [6.07, 6.45) is 0. The number of benzene rings is 2. The van der Waals surface area contributed by atoms with Gasteiger partial charge in [0.2, 0.25) is 0 Å². The third-order valence-corrected chi connectivity index (χ3v) is 4.50. The molecular weight excluding hydrogens is 465 g/mol. The molecule has 146 valence electrons. The first-order valence-electron chi connectivity index (χ1n) is 8.50. The molecule has 2 aromatic rings. The van der Waals surface area contributed by atoms with E-state index in [1.807, 2.05) is 4.90 Å². The highest BCUT2D eigenvalue weighted by molar-refractivity contribution is 14.0. The van der Waals surface area contributed by atoms with Crippen LogP contribution in [0.3, 0.4) is 0 Å². The van der Waals surface area contributed by atoms with Gasteiger partial charge in [-0.25, -0.2) is 13.8 Å². The summed E-state index contributed by atoms with van der Waals surface area (Å²) in [5.74, 6) is -0.224. The van der Waals surface area contributed by atoms with E-state index in [4.69, 9.17) is 10.8 Å². The van der Waals surface area contributed by atoms with Crippen molar-refractivity contribution in [3.63, 3.8) is 0 Å². The van der Waals surface area contributed by atoms with Gasteiger partial charge in [0, 0.05) is 37.4 Å². The maximum atomic E-state index is 13.4. The summed E-state index contributed by atoms with van der Waals surface area (Å²) < 4.78 is 26.4. The van der Waals surface area contributed by atoms with Crippen molar-refractivity contribution in [2.24, 2.45) is 10.7 Å². The molecule has 0 radical (unpaired) electrons. The molecule has 3 rings (SSSR count). The van der Waals surface area contributed by atoms with Gasteiger partial charge >= 0.3 is 0 Å². The standard InChI is InChI=1S/C19H22F2N4O.HI/c20-16-2-4-17(5-3-16)24-7-9-25(10-8-24)19(22)23-12-14-1-6-18(21)15(11-14)13-26;/h1-6,11,26H,7-10,12-13H2,(H2,22,23);1H. The van der Waals surface area contributed by atoms with Crippen molar-refractivity contribution in [1.29, 1.82) is 0 Å². The summed E-state index contributed by atoms with van der Waals surface area (Å²) in [6.45, 7) is 2.97. The van der Waals surface area contributed by atoms with Crippen molar-refractivity contribution in [1.82, 2.24) is 4.90 Å². The number of hydrogen-bond donors (Lipinski definition) is 2. The first-order valence-corrected chi connectivity index (χ1v) is 8.50. The molecule has 5 nitrogen and oxygen atoms in total. The highest BCUT2D eigenvalue weighted by Gasteiger charge is 2.18. The molecule has 0 atom stereocenters. The Labute approximate surface area is 174 Å². The average molecular weight is 488 g/mol. The van der Waals surface area contributed by atoms with E-state index in [2.05, 4.69) is 9.89 Å². The summed E-state index contributed by atoms with van der Waals surface area (Å²) in [5, 5.41) is 9.12. The Morgan fingerprint density at radius 1 is 1.04 bits per heavy atom. The second-order valence-electron chi connectivity index (χ2n) is 6.21. The van der Waals surface area contributed by atoms with Crippen LogP contribution in [0.1, 0.15) is 11.1 Å². The zero-order chi connectivity index (χ0) is 18.5. The minimum atomic E-state index is -0.426. The Morgan fingerprint density at radius 2 is 1.70 bits per heavy atom. The largest absolute Gasteiger partial charge is 0.392 e. The van der Waals surface area contributed by atoms with Crippen LogP contribution in [0.4, 0.5) is 14.5 Å². The van der Waals surface area contributed by atoms with E-state index >= 15 is 0 Å². The number of guanidine groups is 1. The molecule has 8 heteroatoms. The quantitative estimate of drug-likeness (QED) is 0.395. The number of aliphatic hydroxyl groups excluding tert-OH is 1. The normalized spacial score (nSPS) is 14.9. The molecular formula is C19H23F2IN4O. The van der Waals surface area contributed by atoms with Crippen LogP contribution in [-0.4, -0.2) is 42.1 Å². The number of rotatable bonds is 4. The Morgan fingerprint density at radius 3 is 2.33 bits per heavy atom. The summed E-state index contributed by atoms with van der Waals surface area (Å²) in [6, 6.07) is 11.0. The number of aliphatic imine (C=N–C) groups is 1. The molecule has 0 saturated carbocycles. The minimum absolute atomic E-state index is 0. The number of halogens is 3. The Bertz CT molecular complexity index is 778. The summed E-state index contributed by atoms with van der Waals surface area (Å²) >= 11 is 0. The molecule has 27 heavy (non-hydrogen) atoms. The summed E-state index contributed by atoms with van der Waals surface area (Å²) in [5.41, 5.74) is 8.12. The fourth-order valence-corrected chi connectivity index (χ4v) is 2.97. The fraction of sp³-hybridized carbons (Fsp3) is 0.316. The summed E-state index contributed by atoms with van der Waals surface area (Å²) in [7, 11) is 0. The van der Waals surface area contributed by atoms with Crippen LogP contribution in [0, 0.1) is 11.6 Å². The molecule has 1 heterocycles. The fourth-order valence-electron chi connectivity index (χ4n) is 2.97. The molecule has 0 amide bonds. The monoisotopic (exact) mass is 488 g/mol. The van der Waals surface area contributed by atoms with Gasteiger partial charge in [-0.3, -0.25) is 0 Å². The number of nitrogens with two attached hydrogens (primary N) is 1. The Balaban J connectivity index is 0.00000261. The second kappa shape index (κ2) is 9.84. The predicted octanol–water partition coefficient (Wildman–Crippen LogP) is 2.71. The molecule has 1 aliphatic heterocycles. The van der Waals surface area contributed by atoms with Gasteiger partial charge in [0.25, 0.3) is 0 Å². The lowest BCUT2D eigenvalue weighted by molar-refractivity contribution is 0.275. The number of hydrogen-bond acceptors (Lipinski definition) is 3. The zero-order valence-electron chi connectivity index (χ0n) is 14.8. The smallest absolute Gasteiger partial charge is 0.191 e. The highest BCUT2D eigenvalue weighted by atomic mass is 127. The van der Waals surface area contributed by atoms with Gasteiger partial charge in [0.05, 0.1) is 13.2 Å². The van der Waals surface area contributed by atoms with Gasteiger partial charge in [0.1, 0.15) is 11.6 Å². The topological polar surface area (TPSA) is 65.1 Å². The average Bonchev–Trinajstić information content (AvgIpc) is 2.68. The first-order chi connectivity index (χ1) is 12.6. The minimum Gasteiger partial charge on any atom is -0.392 e. The van der Waals surface area contributed by atoms with Gasteiger partial charge in [-0.05, 0) is 42.0 Å². The molecule has 0 spiro atoms. The Hall–Kier alpha value is -1.94. The van der Waals surface area contributed by atoms with Crippen molar-refractivity contribution < 1.29 is 13.9 Å². The van der Waals surface area contributed by atoms with Crippen LogP contribution in [0.5, 0.6) is 0 Å².